The fourth-order valence-corrected chi connectivity index (χ4v) is 16.8. The molecule has 2 aromatic heterocycles. The lowest BCUT2D eigenvalue weighted by molar-refractivity contribution is 0.411. The van der Waals surface area contributed by atoms with Crippen LogP contribution in [0, 0.1) is 10.8 Å². The Balaban J connectivity index is 1.16. The predicted molar refractivity (Wildman–Crippen MR) is 491 cm³/mol. The molecule has 113 heavy (non-hydrogen) atoms. The first-order valence-electron chi connectivity index (χ1n) is 49.5. The SMILES string of the molecule is [2H]c1c([2H])c([2H])c2c(c1[2H])c1c([2H])c([2H])c([2H])c([2H])c1n2-c1ccc2c(c1)N(c1c(-c3cccc(C(C)(C)C)c3)cc(C([2H])([2H])C(C)(C)C)cc1-c1cccc(C(C)(C)C)c1)c1cc(C(C)(C)C)cc3c1B2c1ccc(-n2c4c([2H])c([2H])c([2H])c([2H])c4c4c([2H])c([2H])c([2H])c([2H])c42)cc1N3c1c(-c2cccc(C(C)(C)C)c2)cc(C([2H])([2H])C(C)(C)C)cc1-c1cccc(C(C)(C)C)c1. The molecule has 0 spiro atoms. The van der Waals surface area contributed by atoms with Crippen molar-refractivity contribution in [3.05, 3.63) is 305 Å². The van der Waals surface area contributed by atoms with Gasteiger partial charge in [-0.05, 0) is 213 Å². The molecule has 0 saturated carbocycles. The third-order valence-electron chi connectivity index (χ3n) is 22.4. The Bertz CT molecular complexity index is 6790. The van der Waals surface area contributed by atoms with Crippen molar-refractivity contribution in [3.63, 3.8) is 0 Å². The van der Waals surface area contributed by atoms with Gasteiger partial charge in [-0.25, -0.2) is 0 Å². The van der Waals surface area contributed by atoms with Crippen molar-refractivity contribution in [2.24, 2.45) is 10.8 Å². The van der Waals surface area contributed by atoms with E-state index in [-0.39, 0.29) is 55.0 Å². The van der Waals surface area contributed by atoms with Gasteiger partial charge in [0.15, 0.2) is 0 Å². The third kappa shape index (κ3) is 13.5. The topological polar surface area (TPSA) is 16.3 Å². The van der Waals surface area contributed by atoms with Crippen molar-refractivity contribution in [1.82, 2.24) is 9.13 Å². The zero-order valence-electron chi connectivity index (χ0n) is 89.0. The van der Waals surface area contributed by atoms with Gasteiger partial charge >= 0.3 is 0 Å². The van der Waals surface area contributed by atoms with E-state index in [4.69, 9.17) is 0 Å². The van der Waals surface area contributed by atoms with Crippen LogP contribution in [0.4, 0.5) is 34.1 Å². The number of para-hydroxylation sites is 4. The maximum absolute atomic E-state index is 10.6. The second-order valence-electron chi connectivity index (χ2n) is 38.2. The molecular formula is C108H111BN4. The standard InChI is InChI=1S/C108H111BN4/c1-102(2,3)66-68-54-85(70-34-30-38-74(58-70)104(7,8)9)100(86(55-68)71-35-31-39-75(59-71)105(10,11)12)112-95-64-79(110-91-46-26-22-42-81(91)82-43-23-27-47-92(82)110)50-52-89(95)109-90-53-51-80(111-93-48-28-24-44-83(93)84-45-25-29-49-94(84)111)65-96(90)113(98-63-78(108(19,20)21)62-97(112)99(98)109)101-87(72-36-32-40-76(60-72)106(13,14)15)56-69(67-103(4,5)6)57-88(101)73-37-33-41-77(61-73)107(16,17)18/h22-65H,66-67H2,1-21H3/i22D,23D,24D,25D,26D,27D,28D,29D,42D,43D,44D,45D,46D,47D,48D,49D,66D2,67D2. The van der Waals surface area contributed by atoms with Gasteiger partial charge in [0.25, 0.3) is 6.71 Å². The zero-order valence-corrected chi connectivity index (χ0v) is 69.0. The Hall–Kier alpha value is -10.9. The number of aromatic nitrogens is 2. The number of hydrogen-bond acceptors (Lipinski definition) is 2. The molecule has 0 atom stereocenters. The minimum absolute atomic E-state index is 0.110. The molecule has 0 fully saturated rings. The minimum Gasteiger partial charge on any atom is -0.310 e. The highest BCUT2D eigenvalue weighted by molar-refractivity contribution is 7.00. The van der Waals surface area contributed by atoms with Crippen LogP contribution >= 0.6 is 0 Å². The number of benzene rings is 13. The fraction of sp³-hybridized carbons (Fsp3) is 0.278. The molecule has 2 aliphatic rings. The van der Waals surface area contributed by atoms with Gasteiger partial charge in [0.2, 0.25) is 0 Å². The van der Waals surface area contributed by atoms with E-state index in [0.29, 0.717) is 78.4 Å². The van der Waals surface area contributed by atoms with Crippen molar-refractivity contribution in [3.8, 4) is 55.9 Å². The molecule has 4 heterocycles. The molecule has 0 N–H and O–H groups in total. The lowest BCUT2D eigenvalue weighted by Crippen LogP contribution is -2.61. The van der Waals surface area contributed by atoms with E-state index in [1.54, 1.807) is 0 Å². The number of anilines is 6. The van der Waals surface area contributed by atoms with Crippen LogP contribution in [0.25, 0.3) is 99.5 Å². The maximum Gasteiger partial charge on any atom is 0.252 e. The summed E-state index contributed by atoms with van der Waals surface area (Å²) >= 11 is 0. The van der Waals surface area contributed by atoms with Gasteiger partial charge in [-0.1, -0.05) is 327 Å². The molecular weight excluding hydrogens is 1360 g/mol. The number of fused-ring (bicyclic) bond motifs is 10. The highest BCUT2D eigenvalue weighted by atomic mass is 15.2. The van der Waals surface area contributed by atoms with Crippen molar-refractivity contribution >= 4 is 101 Å². The Labute approximate surface area is 701 Å². The van der Waals surface area contributed by atoms with Crippen molar-refractivity contribution in [2.45, 2.75) is 185 Å². The Kier molecular flexibility index (Phi) is 13.0. The van der Waals surface area contributed by atoms with Crippen LogP contribution in [0.1, 0.15) is 212 Å². The monoisotopic (exact) mass is 1500 g/mol. The summed E-state index contributed by atoms with van der Waals surface area (Å²) in [5, 5.41) is -0.496. The van der Waals surface area contributed by atoms with Crippen LogP contribution < -0.4 is 26.2 Å². The molecule has 17 rings (SSSR count). The van der Waals surface area contributed by atoms with Gasteiger partial charge < -0.3 is 18.9 Å². The van der Waals surface area contributed by atoms with Crippen LogP contribution in [0.15, 0.2) is 267 Å². The van der Waals surface area contributed by atoms with E-state index in [1.807, 2.05) is 126 Å². The second-order valence-corrected chi connectivity index (χ2v) is 38.2. The first kappa shape index (κ1) is 54.7. The minimum atomic E-state index is -2.04. The van der Waals surface area contributed by atoms with E-state index in [2.05, 4.69) is 199 Å². The molecule has 15 aromatic rings. The normalized spacial score (nSPS) is 16.3. The van der Waals surface area contributed by atoms with E-state index < -0.39 is 154 Å². The molecule has 0 saturated heterocycles. The molecule has 2 aliphatic heterocycles. The average Bonchev–Trinajstić information content (AvgIpc) is 0.929. The van der Waals surface area contributed by atoms with Gasteiger partial charge in [0.1, 0.15) is 0 Å². The smallest absolute Gasteiger partial charge is 0.252 e. The summed E-state index contributed by atoms with van der Waals surface area (Å²) in [4.78, 5) is 4.52. The van der Waals surface area contributed by atoms with Crippen molar-refractivity contribution in [2.75, 3.05) is 9.80 Å². The van der Waals surface area contributed by atoms with Crippen molar-refractivity contribution < 1.29 is 27.4 Å². The summed E-state index contributed by atoms with van der Waals surface area (Å²) in [5.41, 5.74) is 11.6. The second kappa shape index (κ2) is 26.9. The summed E-state index contributed by atoms with van der Waals surface area (Å²) in [6.07, 6.45) is -4.09. The van der Waals surface area contributed by atoms with Gasteiger partial charge in [-0.15, -0.1) is 0 Å². The molecule has 566 valence electrons. The Morgan fingerprint density at radius 3 is 0.832 bits per heavy atom. The van der Waals surface area contributed by atoms with E-state index >= 15 is 0 Å². The molecule has 0 amide bonds. The van der Waals surface area contributed by atoms with E-state index in [9.17, 15) is 27.4 Å². The predicted octanol–water partition coefficient (Wildman–Crippen LogP) is 28.3. The lowest BCUT2D eigenvalue weighted by atomic mass is 9.33. The number of nitrogens with zero attached hydrogens (tertiary/aromatic N) is 4. The van der Waals surface area contributed by atoms with Gasteiger partial charge in [0.05, 0.1) is 55.4 Å². The molecule has 0 radical (unpaired) electrons. The summed E-state index contributed by atoms with van der Waals surface area (Å²) in [7, 11) is 0. The molecule has 0 bridgehead atoms. The van der Waals surface area contributed by atoms with Crippen molar-refractivity contribution in [1.29, 1.82) is 0 Å². The molecule has 0 aliphatic carbocycles. The summed E-state index contributed by atoms with van der Waals surface area (Å²) in [6, 6.07) is 48.4. The first-order valence-corrected chi connectivity index (χ1v) is 39.5. The van der Waals surface area contributed by atoms with Crippen LogP contribution in [-0.2, 0) is 39.8 Å². The Morgan fingerprint density at radius 2 is 0.566 bits per heavy atom. The quantitative estimate of drug-likeness (QED) is 0.127. The molecule has 0 unspecified atom stereocenters. The lowest BCUT2D eigenvalue weighted by Gasteiger charge is -2.46. The average molecular weight is 1500 g/mol. The summed E-state index contributed by atoms with van der Waals surface area (Å²) in [5.74, 6) is 0. The van der Waals surface area contributed by atoms with E-state index in [1.165, 1.54) is 9.13 Å². The van der Waals surface area contributed by atoms with Crippen LogP contribution in [0.2, 0.25) is 0 Å². The number of rotatable bonds is 10. The maximum atomic E-state index is 10.6. The van der Waals surface area contributed by atoms with Gasteiger partial charge in [-0.3, -0.25) is 0 Å². The largest absolute Gasteiger partial charge is 0.310 e. The third-order valence-corrected chi connectivity index (χ3v) is 22.4. The first-order chi connectivity index (χ1) is 61.6. The molecule has 13 aromatic carbocycles. The Morgan fingerprint density at radius 1 is 0.292 bits per heavy atom. The van der Waals surface area contributed by atoms with E-state index in [0.717, 1.165) is 55.5 Å². The van der Waals surface area contributed by atoms with Gasteiger partial charge in [-0.2, -0.15) is 0 Å². The van der Waals surface area contributed by atoms with Crippen LogP contribution in [0.5, 0.6) is 0 Å². The molecule has 5 heteroatoms. The molecule has 4 nitrogen and oxygen atoms in total. The van der Waals surface area contributed by atoms with Crippen LogP contribution in [0.3, 0.4) is 0 Å². The highest BCUT2D eigenvalue weighted by Gasteiger charge is 2.47. The van der Waals surface area contributed by atoms with Crippen LogP contribution in [-0.4, -0.2) is 15.8 Å². The van der Waals surface area contributed by atoms with Gasteiger partial charge in [0, 0.05) is 83.4 Å². The summed E-state index contributed by atoms with van der Waals surface area (Å²) < 4.78 is 199. The fourth-order valence-electron chi connectivity index (χ4n) is 16.8. The zero-order chi connectivity index (χ0) is 97.1. The number of hydrogen-bond donors (Lipinski definition) is 0. The highest BCUT2D eigenvalue weighted by Crippen LogP contribution is 2.56. The summed E-state index contributed by atoms with van der Waals surface area (Å²) in [6.45, 7) is 42.7.